The first kappa shape index (κ1) is 22.5. The van der Waals surface area contributed by atoms with E-state index in [1.807, 2.05) is 0 Å². The Bertz CT molecular complexity index is 478. The third-order valence-corrected chi connectivity index (χ3v) is 5.14. The van der Waals surface area contributed by atoms with Gasteiger partial charge in [-0.1, -0.05) is 19.3 Å². The molecule has 1 fully saturated rings. The summed E-state index contributed by atoms with van der Waals surface area (Å²) < 4.78 is 0. The predicted octanol–water partition coefficient (Wildman–Crippen LogP) is -0.570. The molecule has 26 heavy (non-hydrogen) atoms. The zero-order chi connectivity index (χ0) is 19.7. The third-order valence-electron chi connectivity index (χ3n) is 5.14. The van der Waals surface area contributed by atoms with Crippen molar-refractivity contribution in [2.75, 3.05) is 13.1 Å². The predicted molar refractivity (Wildman–Crippen MR) is 99.0 cm³/mol. The Balaban J connectivity index is 2.80. The van der Waals surface area contributed by atoms with Crippen LogP contribution in [0.2, 0.25) is 0 Å². The van der Waals surface area contributed by atoms with Crippen molar-refractivity contribution in [1.29, 1.82) is 0 Å². The highest BCUT2D eigenvalue weighted by atomic mass is 16.3. The van der Waals surface area contributed by atoms with Crippen LogP contribution in [0, 0.1) is 11.8 Å². The van der Waals surface area contributed by atoms with Crippen molar-refractivity contribution in [1.82, 2.24) is 10.6 Å². The van der Waals surface area contributed by atoms with Crippen LogP contribution in [-0.2, 0) is 14.4 Å². The Kier molecular flexibility index (Phi) is 9.75. The lowest BCUT2D eigenvalue weighted by Gasteiger charge is -2.31. The van der Waals surface area contributed by atoms with E-state index in [1.54, 1.807) is 0 Å². The topological polar surface area (TPSA) is 148 Å². The second kappa shape index (κ2) is 11.3. The van der Waals surface area contributed by atoms with Gasteiger partial charge in [0.15, 0.2) is 5.78 Å². The number of aliphatic hydroxyl groups excluding tert-OH is 1. The zero-order valence-electron chi connectivity index (χ0n) is 15.9. The highest BCUT2D eigenvalue weighted by molar-refractivity contribution is 5.92. The number of rotatable bonds is 10. The van der Waals surface area contributed by atoms with Gasteiger partial charge in [-0.05, 0) is 45.6 Å². The van der Waals surface area contributed by atoms with Crippen molar-refractivity contribution in [3.63, 3.8) is 0 Å². The highest BCUT2D eigenvalue weighted by Crippen LogP contribution is 2.31. The van der Waals surface area contributed by atoms with E-state index in [9.17, 15) is 19.5 Å². The van der Waals surface area contributed by atoms with Gasteiger partial charge in [-0.25, -0.2) is 0 Å². The van der Waals surface area contributed by atoms with Crippen LogP contribution in [0.15, 0.2) is 0 Å². The van der Waals surface area contributed by atoms with E-state index in [2.05, 4.69) is 10.6 Å². The fourth-order valence-corrected chi connectivity index (χ4v) is 3.55. The maximum absolute atomic E-state index is 12.8. The van der Waals surface area contributed by atoms with Crippen LogP contribution in [-0.4, -0.2) is 54.0 Å². The van der Waals surface area contributed by atoms with Crippen LogP contribution < -0.4 is 22.1 Å². The van der Waals surface area contributed by atoms with Crippen molar-refractivity contribution in [3.05, 3.63) is 0 Å². The van der Waals surface area contributed by atoms with Crippen molar-refractivity contribution in [3.8, 4) is 0 Å². The summed E-state index contributed by atoms with van der Waals surface area (Å²) in [7, 11) is 0. The number of carbonyl (C=O) groups is 3. The first-order valence-corrected chi connectivity index (χ1v) is 9.51. The van der Waals surface area contributed by atoms with Gasteiger partial charge in [0, 0.05) is 12.5 Å². The van der Waals surface area contributed by atoms with E-state index in [-0.39, 0.29) is 30.1 Å². The van der Waals surface area contributed by atoms with Crippen LogP contribution in [0.4, 0.5) is 0 Å². The van der Waals surface area contributed by atoms with E-state index in [0.717, 1.165) is 25.7 Å². The number of carbonyl (C=O) groups excluding carboxylic acids is 3. The molecule has 2 amide bonds. The van der Waals surface area contributed by atoms with Crippen molar-refractivity contribution >= 4 is 17.6 Å². The molecule has 0 aliphatic heterocycles. The van der Waals surface area contributed by atoms with E-state index in [0.29, 0.717) is 13.0 Å². The number of hydrogen-bond acceptors (Lipinski definition) is 6. The lowest BCUT2D eigenvalue weighted by Crippen LogP contribution is -2.58. The lowest BCUT2D eigenvalue weighted by atomic mass is 9.78. The van der Waals surface area contributed by atoms with Gasteiger partial charge < -0.3 is 27.2 Å². The molecular weight excluding hydrogens is 336 g/mol. The first-order valence-electron chi connectivity index (χ1n) is 9.51. The number of aliphatic hydroxyl groups is 1. The Morgan fingerprint density at radius 2 is 1.69 bits per heavy atom. The minimum atomic E-state index is -1.14. The number of hydrogen-bond donors (Lipinski definition) is 5. The number of nitrogens with one attached hydrogen (secondary N) is 2. The number of nitrogens with two attached hydrogens (primary N) is 2. The van der Waals surface area contributed by atoms with Crippen LogP contribution in [0.3, 0.4) is 0 Å². The van der Waals surface area contributed by atoms with Crippen molar-refractivity contribution in [2.24, 2.45) is 23.3 Å². The molecule has 1 aliphatic rings. The summed E-state index contributed by atoms with van der Waals surface area (Å²) in [6, 6.07) is -1.97. The number of amides is 2. The highest BCUT2D eigenvalue weighted by Gasteiger charge is 2.34. The minimum absolute atomic E-state index is 0.0422. The summed E-state index contributed by atoms with van der Waals surface area (Å²) >= 11 is 0. The molecule has 0 aromatic heterocycles. The molecular formula is C18H34N4O4. The second-order valence-electron chi connectivity index (χ2n) is 7.22. The fourth-order valence-electron chi connectivity index (χ4n) is 3.55. The molecule has 8 nitrogen and oxygen atoms in total. The molecule has 150 valence electrons. The lowest BCUT2D eigenvalue weighted by molar-refractivity contribution is -0.136. The Hall–Kier alpha value is -1.51. The summed E-state index contributed by atoms with van der Waals surface area (Å²) in [5.74, 6) is -1.18. The average Bonchev–Trinajstić information content (AvgIpc) is 2.61. The minimum Gasteiger partial charge on any atom is -0.391 e. The summed E-state index contributed by atoms with van der Waals surface area (Å²) in [4.78, 5) is 36.7. The Morgan fingerprint density at radius 1 is 1.08 bits per heavy atom. The summed E-state index contributed by atoms with van der Waals surface area (Å²) in [6.45, 7) is 3.10. The molecule has 0 saturated heterocycles. The largest absolute Gasteiger partial charge is 0.391 e. The van der Waals surface area contributed by atoms with E-state index in [4.69, 9.17) is 11.5 Å². The quantitative estimate of drug-likeness (QED) is 0.348. The van der Waals surface area contributed by atoms with E-state index < -0.39 is 24.1 Å². The number of Topliss-reactive ketones (excluding diaryl/α,β-unsaturated/α-hetero) is 1. The summed E-state index contributed by atoms with van der Waals surface area (Å²) in [5, 5.41) is 15.1. The molecule has 7 N–H and O–H groups in total. The van der Waals surface area contributed by atoms with Crippen LogP contribution in [0.5, 0.6) is 0 Å². The van der Waals surface area contributed by atoms with Crippen molar-refractivity contribution in [2.45, 2.75) is 70.6 Å². The van der Waals surface area contributed by atoms with E-state index >= 15 is 0 Å². The maximum Gasteiger partial charge on any atom is 0.245 e. The van der Waals surface area contributed by atoms with Gasteiger partial charge in [0.1, 0.15) is 6.04 Å². The summed E-state index contributed by atoms with van der Waals surface area (Å²) in [5.41, 5.74) is 11.2. The Labute approximate surface area is 155 Å². The third kappa shape index (κ3) is 6.66. The Morgan fingerprint density at radius 3 is 2.15 bits per heavy atom. The molecule has 1 saturated carbocycles. The van der Waals surface area contributed by atoms with Gasteiger partial charge in [0.05, 0.1) is 12.1 Å². The molecule has 1 aliphatic carbocycles. The zero-order valence-corrected chi connectivity index (χ0v) is 15.9. The average molecular weight is 370 g/mol. The monoisotopic (exact) mass is 370 g/mol. The second-order valence-corrected chi connectivity index (χ2v) is 7.22. The maximum atomic E-state index is 12.8. The standard InChI is InChI=1S/C18H34N4O4/c1-11(23)15(10-20)21-18(26)16(12(2)24)22-17(25)14(8-9-19)13-6-4-3-5-7-13/h12-16,24H,3-10,19-20H2,1-2H3,(H,21,26)(H,22,25)/t12?,14?,15-,16-/m0/s1. The molecule has 0 bridgehead atoms. The van der Waals surface area contributed by atoms with Gasteiger partial charge >= 0.3 is 0 Å². The first-order chi connectivity index (χ1) is 12.3. The van der Waals surface area contributed by atoms with Gasteiger partial charge in [0.2, 0.25) is 11.8 Å². The molecule has 0 spiro atoms. The molecule has 0 aromatic carbocycles. The van der Waals surface area contributed by atoms with Gasteiger partial charge in [-0.2, -0.15) is 0 Å². The molecule has 4 atom stereocenters. The molecule has 8 heteroatoms. The van der Waals surface area contributed by atoms with Crippen molar-refractivity contribution < 1.29 is 19.5 Å². The van der Waals surface area contributed by atoms with Gasteiger partial charge in [-0.15, -0.1) is 0 Å². The van der Waals surface area contributed by atoms with Crippen LogP contribution in [0.1, 0.15) is 52.4 Å². The summed E-state index contributed by atoms with van der Waals surface area (Å²) in [6.07, 6.45) is 4.76. The molecule has 0 aromatic rings. The molecule has 1 rings (SSSR count). The normalized spacial score (nSPS) is 19.9. The molecule has 0 radical (unpaired) electrons. The molecule has 0 heterocycles. The van der Waals surface area contributed by atoms with Crippen LogP contribution >= 0.6 is 0 Å². The van der Waals surface area contributed by atoms with Gasteiger partial charge in [0.25, 0.3) is 0 Å². The van der Waals surface area contributed by atoms with Gasteiger partial charge in [-0.3, -0.25) is 14.4 Å². The molecule has 2 unspecified atom stereocenters. The SMILES string of the molecule is CC(=O)[C@H](CN)NC(=O)[C@@H](NC(=O)C(CCN)C1CCCCC1)C(C)O. The number of ketones is 1. The smallest absolute Gasteiger partial charge is 0.245 e. The van der Waals surface area contributed by atoms with E-state index in [1.165, 1.54) is 20.3 Å². The fraction of sp³-hybridized carbons (Fsp3) is 0.833. The van der Waals surface area contributed by atoms with Crippen LogP contribution in [0.25, 0.3) is 0 Å².